The van der Waals surface area contributed by atoms with Gasteiger partial charge >= 0.3 is 19.2 Å². The maximum atomic E-state index is 13.7. The molecule has 2 N–H and O–H groups in total. The molecule has 0 radical (unpaired) electrons. The molecule has 3 saturated carbocycles. The highest BCUT2D eigenvalue weighted by molar-refractivity contribution is 6.48. The number of alkyl carbamates (subject to hydrolysis) is 1. The van der Waals surface area contributed by atoms with Gasteiger partial charge in [0.1, 0.15) is 12.6 Å². The SMILES string of the molecule is COC(=O)C[C@H](NC(=O)OCC1c2ccccc2-c2ccccc21)C(=O)N[C@@H](CC(C)C)B1O[C@@H]2C[C@@H]3C[C@@H](C3(C)C)[C@]2(C)O1. The van der Waals surface area contributed by atoms with Crippen LogP contribution in [0.1, 0.15) is 77.3 Å². The highest BCUT2D eigenvalue weighted by atomic mass is 16.7. The molecule has 4 aliphatic carbocycles. The molecule has 1 saturated heterocycles. The average Bonchev–Trinajstić information content (AvgIpc) is 3.53. The first kappa shape index (κ1) is 31.6. The largest absolute Gasteiger partial charge is 0.481 e. The zero-order chi connectivity index (χ0) is 32.1. The van der Waals surface area contributed by atoms with Crippen molar-refractivity contribution in [1.82, 2.24) is 10.6 Å². The van der Waals surface area contributed by atoms with Crippen LogP contribution in [0.5, 0.6) is 0 Å². The Hall–Kier alpha value is -3.37. The molecule has 2 aromatic rings. The smallest absolute Gasteiger partial charge is 0.469 e. The zero-order valence-corrected chi connectivity index (χ0v) is 27.1. The molecule has 1 heterocycles. The Kier molecular flexibility index (Phi) is 8.50. The molecule has 0 aromatic heterocycles. The van der Waals surface area contributed by atoms with Gasteiger partial charge < -0.3 is 29.4 Å². The molecule has 9 nitrogen and oxygen atoms in total. The van der Waals surface area contributed by atoms with Gasteiger partial charge in [-0.1, -0.05) is 76.2 Å². The fraction of sp³-hybridized carbons (Fsp3) is 0.571. The van der Waals surface area contributed by atoms with Gasteiger partial charge in [0, 0.05) is 5.92 Å². The molecule has 2 bridgehead atoms. The summed E-state index contributed by atoms with van der Waals surface area (Å²) in [6, 6.07) is 14.9. The number of rotatable bonds is 10. The van der Waals surface area contributed by atoms with Gasteiger partial charge in [-0.2, -0.15) is 0 Å². The lowest BCUT2D eigenvalue weighted by Gasteiger charge is -2.64. The van der Waals surface area contributed by atoms with Crippen LogP contribution in [0.3, 0.4) is 0 Å². The van der Waals surface area contributed by atoms with Crippen LogP contribution in [-0.2, 0) is 28.4 Å². The molecule has 240 valence electrons. The molecule has 6 atom stereocenters. The molecule has 5 aliphatic rings. The Morgan fingerprint density at radius 3 is 2.22 bits per heavy atom. The van der Waals surface area contributed by atoms with Gasteiger partial charge in [0.2, 0.25) is 5.91 Å². The van der Waals surface area contributed by atoms with E-state index in [-0.39, 0.29) is 36.4 Å². The van der Waals surface area contributed by atoms with Gasteiger partial charge in [-0.15, -0.1) is 0 Å². The number of hydrogen-bond acceptors (Lipinski definition) is 7. The second-order valence-electron chi connectivity index (χ2n) is 14.4. The predicted molar refractivity (Wildman–Crippen MR) is 170 cm³/mol. The Labute approximate surface area is 266 Å². The second-order valence-corrected chi connectivity index (χ2v) is 14.4. The maximum absolute atomic E-state index is 13.7. The molecule has 45 heavy (non-hydrogen) atoms. The van der Waals surface area contributed by atoms with Gasteiger partial charge in [-0.3, -0.25) is 9.59 Å². The molecular formula is C35H45BN2O7. The van der Waals surface area contributed by atoms with E-state index in [1.165, 1.54) is 7.11 Å². The summed E-state index contributed by atoms with van der Waals surface area (Å²) < 4.78 is 23.7. The lowest BCUT2D eigenvalue weighted by Crippen LogP contribution is -2.65. The second kappa shape index (κ2) is 12.1. The van der Waals surface area contributed by atoms with Crippen molar-refractivity contribution in [1.29, 1.82) is 0 Å². The third-order valence-corrected chi connectivity index (χ3v) is 10.9. The van der Waals surface area contributed by atoms with Gasteiger partial charge in [0.25, 0.3) is 0 Å². The van der Waals surface area contributed by atoms with E-state index in [1.807, 2.05) is 36.4 Å². The number of fused-ring (bicyclic) bond motifs is 3. The Morgan fingerprint density at radius 1 is 0.978 bits per heavy atom. The minimum atomic E-state index is -1.20. The maximum Gasteiger partial charge on any atom is 0.481 e. The molecule has 2 aromatic carbocycles. The Bertz CT molecular complexity index is 1420. The van der Waals surface area contributed by atoms with Crippen LogP contribution < -0.4 is 10.6 Å². The van der Waals surface area contributed by atoms with E-state index >= 15 is 0 Å². The third-order valence-electron chi connectivity index (χ3n) is 10.9. The van der Waals surface area contributed by atoms with Crippen molar-refractivity contribution >= 4 is 25.1 Å². The first-order valence-electron chi connectivity index (χ1n) is 16.2. The van der Waals surface area contributed by atoms with Crippen molar-refractivity contribution in [2.45, 2.75) is 89.9 Å². The Morgan fingerprint density at radius 2 is 1.62 bits per heavy atom. The summed E-state index contributed by atoms with van der Waals surface area (Å²) in [6.45, 7) is 11.0. The number of benzene rings is 2. The minimum Gasteiger partial charge on any atom is -0.469 e. The lowest BCUT2D eigenvalue weighted by atomic mass is 9.43. The van der Waals surface area contributed by atoms with Crippen LogP contribution in [0.25, 0.3) is 11.1 Å². The van der Waals surface area contributed by atoms with Crippen molar-refractivity contribution in [3.05, 3.63) is 59.7 Å². The molecular weight excluding hydrogens is 571 g/mol. The van der Waals surface area contributed by atoms with Crippen molar-refractivity contribution in [3.63, 3.8) is 0 Å². The lowest BCUT2D eigenvalue weighted by molar-refractivity contribution is -0.199. The third kappa shape index (κ3) is 5.76. The molecule has 2 amide bonds. The van der Waals surface area contributed by atoms with Crippen molar-refractivity contribution in [2.75, 3.05) is 13.7 Å². The molecule has 0 spiro atoms. The monoisotopic (exact) mass is 616 g/mol. The molecule has 10 heteroatoms. The number of ether oxygens (including phenoxy) is 2. The summed E-state index contributed by atoms with van der Waals surface area (Å²) in [7, 11) is 0.622. The van der Waals surface area contributed by atoms with E-state index in [2.05, 4.69) is 57.4 Å². The van der Waals surface area contributed by atoms with Crippen molar-refractivity contribution < 1.29 is 33.2 Å². The van der Waals surface area contributed by atoms with Crippen LogP contribution in [0.2, 0.25) is 0 Å². The average molecular weight is 617 g/mol. The van der Waals surface area contributed by atoms with Crippen molar-refractivity contribution in [3.8, 4) is 11.1 Å². The first-order chi connectivity index (χ1) is 21.4. The van der Waals surface area contributed by atoms with Gasteiger partial charge in [0.05, 0.1) is 31.2 Å². The van der Waals surface area contributed by atoms with Gasteiger partial charge in [-0.25, -0.2) is 4.79 Å². The highest BCUT2D eigenvalue weighted by Gasteiger charge is 2.68. The highest BCUT2D eigenvalue weighted by Crippen LogP contribution is 2.65. The molecule has 1 aliphatic heterocycles. The summed E-state index contributed by atoms with van der Waals surface area (Å²) >= 11 is 0. The standard InChI is InChI=1S/C35H45BN2O7/c1-20(2)15-30(36-44-29-17-21-16-28(34(21,3)4)35(29,5)45-36)38-32(40)27(18-31(39)42-6)37-33(41)43-19-26-24-13-9-7-11-22(24)23-12-8-10-14-25(23)26/h7-14,20-21,26-30H,15-19H2,1-6H3,(H,37,41)(H,38,40)/t21-,27-,28-,29+,30-,35-/m0/s1. The summed E-state index contributed by atoms with van der Waals surface area (Å²) in [4.78, 5) is 39.2. The summed E-state index contributed by atoms with van der Waals surface area (Å²) in [5.41, 5.74) is 4.17. The van der Waals surface area contributed by atoms with E-state index in [0.717, 1.165) is 35.1 Å². The van der Waals surface area contributed by atoms with E-state index in [9.17, 15) is 14.4 Å². The normalized spacial score (nSPS) is 27.0. The number of esters is 1. The number of methoxy groups -OCH3 is 1. The molecule has 7 rings (SSSR count). The number of carbonyl (C=O) groups is 3. The fourth-order valence-corrected chi connectivity index (χ4v) is 8.34. The number of carbonyl (C=O) groups excluding carboxylic acids is 3. The number of hydrogen-bond donors (Lipinski definition) is 2. The van der Waals surface area contributed by atoms with Gasteiger partial charge in [0.15, 0.2) is 0 Å². The topological polar surface area (TPSA) is 112 Å². The molecule has 4 fully saturated rings. The summed E-state index contributed by atoms with van der Waals surface area (Å²) in [6.07, 6.45) is 1.51. The van der Waals surface area contributed by atoms with Gasteiger partial charge in [-0.05, 0) is 71.6 Å². The fourth-order valence-electron chi connectivity index (χ4n) is 8.34. The number of amides is 2. The minimum absolute atomic E-state index is 0.0318. The van der Waals surface area contributed by atoms with E-state index < -0.39 is 42.7 Å². The quantitative estimate of drug-likeness (QED) is 0.277. The summed E-state index contributed by atoms with van der Waals surface area (Å²) in [5, 5.41) is 5.69. The first-order valence-corrected chi connectivity index (χ1v) is 16.2. The molecule has 0 unspecified atom stereocenters. The Balaban J connectivity index is 1.13. The summed E-state index contributed by atoms with van der Waals surface area (Å²) in [5.74, 6) is -0.519. The van der Waals surface area contributed by atoms with Crippen LogP contribution >= 0.6 is 0 Å². The number of nitrogens with one attached hydrogen (secondary N) is 2. The van der Waals surface area contributed by atoms with E-state index in [0.29, 0.717) is 18.3 Å². The van der Waals surface area contributed by atoms with Crippen LogP contribution in [0, 0.1) is 23.2 Å². The van der Waals surface area contributed by atoms with Crippen LogP contribution in [0.15, 0.2) is 48.5 Å². The zero-order valence-electron chi connectivity index (χ0n) is 27.1. The van der Waals surface area contributed by atoms with E-state index in [4.69, 9.17) is 18.8 Å². The van der Waals surface area contributed by atoms with E-state index in [1.54, 1.807) is 0 Å². The predicted octanol–water partition coefficient (Wildman–Crippen LogP) is 5.26. The van der Waals surface area contributed by atoms with Crippen LogP contribution in [0.4, 0.5) is 4.79 Å². The van der Waals surface area contributed by atoms with Crippen LogP contribution in [-0.4, -0.2) is 62.5 Å². The van der Waals surface area contributed by atoms with Crippen molar-refractivity contribution in [2.24, 2.45) is 23.2 Å².